The topological polar surface area (TPSA) is 49.2 Å². The molecule has 13 heavy (non-hydrogen) atoms. The first-order valence-corrected chi connectivity index (χ1v) is 4.51. The molecule has 4 heteroatoms. The van der Waals surface area contributed by atoms with Crippen molar-refractivity contribution in [2.75, 3.05) is 24.6 Å². The minimum Gasteiger partial charge on any atom is -0.396 e. The molecule has 1 aromatic rings. The van der Waals surface area contributed by atoms with Crippen LogP contribution in [-0.4, -0.2) is 34.8 Å². The number of anilines is 1. The van der Waals surface area contributed by atoms with E-state index < -0.39 is 0 Å². The molecule has 0 spiro atoms. The molecule has 0 amide bonds. The van der Waals surface area contributed by atoms with Gasteiger partial charge in [-0.2, -0.15) is 0 Å². The van der Waals surface area contributed by atoms with Gasteiger partial charge in [0.1, 0.15) is 0 Å². The van der Waals surface area contributed by atoms with Crippen LogP contribution in [0.5, 0.6) is 0 Å². The van der Waals surface area contributed by atoms with E-state index in [2.05, 4.69) is 9.97 Å². The summed E-state index contributed by atoms with van der Waals surface area (Å²) in [4.78, 5) is 10.3. The van der Waals surface area contributed by atoms with Gasteiger partial charge in [0.05, 0.1) is 0 Å². The Hall–Kier alpha value is -1.16. The van der Waals surface area contributed by atoms with Crippen LogP contribution in [0.3, 0.4) is 0 Å². The van der Waals surface area contributed by atoms with Gasteiger partial charge in [0.25, 0.3) is 0 Å². The van der Waals surface area contributed by atoms with Crippen LogP contribution in [0.15, 0.2) is 18.5 Å². The largest absolute Gasteiger partial charge is 0.396 e. The molecule has 0 atom stereocenters. The second kappa shape index (κ2) is 5.48. The predicted molar refractivity (Wildman–Crippen MR) is 51.6 cm³/mol. The SMILES string of the molecule is CCN(CCCO)c1ncccn1. The van der Waals surface area contributed by atoms with Crippen molar-refractivity contribution < 1.29 is 5.11 Å². The van der Waals surface area contributed by atoms with E-state index in [1.165, 1.54) is 0 Å². The van der Waals surface area contributed by atoms with Crippen molar-refractivity contribution in [1.29, 1.82) is 0 Å². The quantitative estimate of drug-likeness (QED) is 0.726. The first kappa shape index (κ1) is 9.92. The molecule has 1 heterocycles. The predicted octanol–water partition coefficient (Wildman–Crippen LogP) is 0.685. The summed E-state index contributed by atoms with van der Waals surface area (Å²) in [6, 6.07) is 1.80. The molecule has 1 aromatic heterocycles. The zero-order chi connectivity index (χ0) is 9.52. The first-order chi connectivity index (χ1) is 6.38. The van der Waals surface area contributed by atoms with Crippen LogP contribution in [0, 0.1) is 0 Å². The average Bonchev–Trinajstić information content (AvgIpc) is 2.21. The highest BCUT2D eigenvalue weighted by Crippen LogP contribution is 2.04. The number of hydrogen-bond acceptors (Lipinski definition) is 4. The molecule has 1 N–H and O–H groups in total. The summed E-state index contributed by atoms with van der Waals surface area (Å²) in [5.74, 6) is 0.735. The number of aliphatic hydroxyl groups is 1. The Labute approximate surface area is 78.2 Å². The van der Waals surface area contributed by atoms with Crippen molar-refractivity contribution in [3.05, 3.63) is 18.5 Å². The van der Waals surface area contributed by atoms with Gasteiger partial charge in [-0.05, 0) is 19.4 Å². The van der Waals surface area contributed by atoms with Gasteiger partial charge >= 0.3 is 0 Å². The fourth-order valence-corrected chi connectivity index (χ4v) is 1.12. The Bertz CT molecular complexity index is 228. The summed E-state index contributed by atoms with van der Waals surface area (Å²) in [6.45, 7) is 3.93. The van der Waals surface area contributed by atoms with Crippen molar-refractivity contribution in [3.63, 3.8) is 0 Å². The summed E-state index contributed by atoms with van der Waals surface area (Å²) in [7, 11) is 0. The molecule has 0 bridgehead atoms. The average molecular weight is 181 g/mol. The molecule has 0 aromatic carbocycles. The minimum absolute atomic E-state index is 0.212. The third-order valence-corrected chi connectivity index (χ3v) is 1.80. The lowest BCUT2D eigenvalue weighted by molar-refractivity contribution is 0.289. The first-order valence-electron chi connectivity index (χ1n) is 4.51. The molecular weight excluding hydrogens is 166 g/mol. The number of rotatable bonds is 5. The highest BCUT2D eigenvalue weighted by atomic mass is 16.3. The molecule has 0 aliphatic rings. The van der Waals surface area contributed by atoms with E-state index in [1.54, 1.807) is 18.5 Å². The Morgan fingerprint density at radius 2 is 2.08 bits per heavy atom. The summed E-state index contributed by atoms with van der Waals surface area (Å²) < 4.78 is 0. The molecular formula is C9H15N3O. The molecule has 0 aliphatic heterocycles. The molecule has 4 nitrogen and oxygen atoms in total. The van der Waals surface area contributed by atoms with E-state index in [-0.39, 0.29) is 6.61 Å². The van der Waals surface area contributed by atoms with E-state index in [9.17, 15) is 0 Å². The third kappa shape index (κ3) is 2.99. The number of aliphatic hydroxyl groups excluding tert-OH is 1. The molecule has 0 aliphatic carbocycles. The van der Waals surface area contributed by atoms with Gasteiger partial charge < -0.3 is 10.0 Å². The Morgan fingerprint density at radius 3 is 2.62 bits per heavy atom. The van der Waals surface area contributed by atoms with Gasteiger partial charge in [-0.25, -0.2) is 9.97 Å². The fraction of sp³-hybridized carbons (Fsp3) is 0.556. The van der Waals surface area contributed by atoms with E-state index in [4.69, 9.17) is 5.11 Å². The minimum atomic E-state index is 0.212. The highest BCUT2D eigenvalue weighted by molar-refractivity contribution is 5.27. The molecule has 72 valence electrons. The highest BCUT2D eigenvalue weighted by Gasteiger charge is 2.04. The molecule has 0 fully saturated rings. The second-order valence-corrected chi connectivity index (χ2v) is 2.71. The van der Waals surface area contributed by atoms with Gasteiger partial charge in [-0.3, -0.25) is 0 Å². The lowest BCUT2D eigenvalue weighted by Gasteiger charge is -2.19. The summed E-state index contributed by atoms with van der Waals surface area (Å²) >= 11 is 0. The van der Waals surface area contributed by atoms with Gasteiger partial charge in [-0.15, -0.1) is 0 Å². The lowest BCUT2D eigenvalue weighted by Crippen LogP contribution is -2.26. The number of nitrogens with zero attached hydrogens (tertiary/aromatic N) is 3. The van der Waals surface area contributed by atoms with Crippen LogP contribution in [-0.2, 0) is 0 Å². The van der Waals surface area contributed by atoms with E-state index >= 15 is 0 Å². The maximum absolute atomic E-state index is 8.69. The number of hydrogen-bond donors (Lipinski definition) is 1. The van der Waals surface area contributed by atoms with E-state index in [0.29, 0.717) is 0 Å². The molecule has 0 saturated carbocycles. The molecule has 1 rings (SSSR count). The van der Waals surface area contributed by atoms with Crippen molar-refractivity contribution in [3.8, 4) is 0 Å². The zero-order valence-corrected chi connectivity index (χ0v) is 7.85. The van der Waals surface area contributed by atoms with Crippen molar-refractivity contribution in [2.24, 2.45) is 0 Å². The van der Waals surface area contributed by atoms with Crippen LogP contribution in [0.2, 0.25) is 0 Å². The van der Waals surface area contributed by atoms with Gasteiger partial charge in [-0.1, -0.05) is 0 Å². The van der Waals surface area contributed by atoms with Crippen LogP contribution < -0.4 is 4.90 Å². The summed E-state index contributed by atoms with van der Waals surface area (Å²) in [5.41, 5.74) is 0. The monoisotopic (exact) mass is 181 g/mol. The van der Waals surface area contributed by atoms with Crippen molar-refractivity contribution in [2.45, 2.75) is 13.3 Å². The van der Waals surface area contributed by atoms with Crippen LogP contribution in [0.4, 0.5) is 5.95 Å². The maximum atomic E-state index is 8.69. The van der Waals surface area contributed by atoms with Crippen LogP contribution >= 0.6 is 0 Å². The normalized spacial score (nSPS) is 10.0. The van der Waals surface area contributed by atoms with Gasteiger partial charge in [0.15, 0.2) is 0 Å². The second-order valence-electron chi connectivity index (χ2n) is 2.71. The Kier molecular flexibility index (Phi) is 4.18. The number of aromatic nitrogens is 2. The molecule has 0 unspecified atom stereocenters. The molecule has 0 saturated heterocycles. The third-order valence-electron chi connectivity index (χ3n) is 1.80. The zero-order valence-electron chi connectivity index (χ0n) is 7.85. The molecule has 0 radical (unpaired) electrons. The van der Waals surface area contributed by atoms with E-state index in [0.717, 1.165) is 25.5 Å². The van der Waals surface area contributed by atoms with Crippen molar-refractivity contribution >= 4 is 5.95 Å². The fourth-order valence-electron chi connectivity index (χ4n) is 1.12. The van der Waals surface area contributed by atoms with Crippen LogP contribution in [0.1, 0.15) is 13.3 Å². The van der Waals surface area contributed by atoms with Gasteiger partial charge in [0, 0.05) is 32.1 Å². The van der Waals surface area contributed by atoms with E-state index in [1.807, 2.05) is 11.8 Å². The standard InChI is InChI=1S/C9H15N3O/c1-2-12(7-4-8-13)9-10-5-3-6-11-9/h3,5-6,13H,2,4,7-8H2,1H3. The maximum Gasteiger partial charge on any atom is 0.225 e. The summed E-state index contributed by atoms with van der Waals surface area (Å²) in [5, 5.41) is 8.69. The summed E-state index contributed by atoms with van der Waals surface area (Å²) in [6.07, 6.45) is 4.21. The Balaban J connectivity index is 2.56. The van der Waals surface area contributed by atoms with Crippen LogP contribution in [0.25, 0.3) is 0 Å². The van der Waals surface area contributed by atoms with Crippen molar-refractivity contribution in [1.82, 2.24) is 9.97 Å². The lowest BCUT2D eigenvalue weighted by atomic mass is 10.4. The van der Waals surface area contributed by atoms with Gasteiger partial charge in [0.2, 0.25) is 5.95 Å². The smallest absolute Gasteiger partial charge is 0.225 e. The Morgan fingerprint density at radius 1 is 1.38 bits per heavy atom.